The van der Waals surface area contributed by atoms with Gasteiger partial charge >= 0.3 is 36.5 Å². The molecule has 0 spiro atoms. The maximum Gasteiger partial charge on any atom is 0.416 e. The van der Waals surface area contributed by atoms with Crippen LogP contribution >= 0.6 is 0 Å². The van der Waals surface area contributed by atoms with Gasteiger partial charge in [-0.2, -0.15) is 26.3 Å². The molecule has 0 fully saturated rings. The third kappa shape index (κ3) is 8.13. The second-order valence-electron chi connectivity index (χ2n) is 11.1. The number of hydrogen-bond donors (Lipinski definition) is 2. The number of alkyl halides is 6. The van der Waals surface area contributed by atoms with Crippen LogP contribution in [0.1, 0.15) is 87.5 Å². The Balaban J connectivity index is 0.000000260. The number of rotatable bonds is 6. The first-order valence-corrected chi connectivity index (χ1v) is 15.2. The van der Waals surface area contributed by atoms with Gasteiger partial charge in [-0.05, 0) is 87.1 Å². The summed E-state index contributed by atoms with van der Waals surface area (Å²) >= 11 is 0. The number of carbonyl (C=O) groups excluding carboxylic acids is 2. The van der Waals surface area contributed by atoms with Crippen molar-refractivity contribution in [3.05, 3.63) is 58.7 Å². The van der Waals surface area contributed by atoms with Crippen LogP contribution in [0.3, 0.4) is 0 Å². The van der Waals surface area contributed by atoms with Gasteiger partial charge in [-0.25, -0.2) is 9.59 Å². The van der Waals surface area contributed by atoms with Gasteiger partial charge in [-0.15, -0.1) is 0 Å². The van der Waals surface area contributed by atoms with Crippen molar-refractivity contribution in [1.82, 2.24) is 0 Å². The van der Waals surface area contributed by atoms with Crippen molar-refractivity contribution in [2.45, 2.75) is 89.7 Å². The molecule has 2 aliphatic rings. The Labute approximate surface area is 272 Å². The Bertz CT molecular complexity index is 1400. The fourth-order valence-corrected chi connectivity index (χ4v) is 5.91. The number of aliphatic carboxylic acids is 2. The number of ether oxygens (including phenoxy) is 2. The van der Waals surface area contributed by atoms with E-state index in [1.54, 1.807) is 27.7 Å². The number of amides is 2. The van der Waals surface area contributed by atoms with Crippen LogP contribution in [0.15, 0.2) is 36.4 Å². The first-order chi connectivity index (χ1) is 22.4. The van der Waals surface area contributed by atoms with Gasteiger partial charge in [0.2, 0.25) is 0 Å². The van der Waals surface area contributed by atoms with Crippen LogP contribution in [0.5, 0.6) is 0 Å². The summed E-state index contributed by atoms with van der Waals surface area (Å²) in [7, 11) is 0. The topological polar surface area (TPSA) is 134 Å². The molecule has 264 valence electrons. The average Bonchev–Trinajstić information content (AvgIpc) is 3.01. The monoisotopic (exact) mass is 690 g/mol. The van der Waals surface area contributed by atoms with E-state index in [2.05, 4.69) is 0 Å². The zero-order valence-corrected chi connectivity index (χ0v) is 26.5. The van der Waals surface area contributed by atoms with Crippen LogP contribution in [0.25, 0.3) is 0 Å². The van der Waals surface area contributed by atoms with E-state index >= 15 is 0 Å². The highest BCUT2D eigenvalue weighted by Crippen LogP contribution is 2.44. The quantitative estimate of drug-likeness (QED) is 0.291. The lowest BCUT2D eigenvalue weighted by atomic mass is 9.84. The summed E-state index contributed by atoms with van der Waals surface area (Å²) in [6.07, 6.45) is -9.55. The van der Waals surface area contributed by atoms with E-state index < -0.39 is 71.5 Å². The minimum atomic E-state index is -4.59. The van der Waals surface area contributed by atoms with E-state index in [4.69, 9.17) is 9.47 Å². The molecular formula is C32H36F6N2O8. The highest BCUT2D eigenvalue weighted by molar-refractivity contribution is 5.94. The van der Waals surface area contributed by atoms with E-state index in [-0.39, 0.29) is 48.6 Å². The molecule has 0 aromatic heterocycles. The van der Waals surface area contributed by atoms with E-state index in [1.807, 2.05) is 0 Å². The predicted octanol–water partition coefficient (Wildman–Crippen LogP) is 8.04. The molecule has 0 bridgehead atoms. The van der Waals surface area contributed by atoms with Crippen molar-refractivity contribution >= 4 is 35.5 Å². The van der Waals surface area contributed by atoms with Crippen LogP contribution in [-0.4, -0.2) is 59.6 Å². The van der Waals surface area contributed by atoms with Gasteiger partial charge in [0.15, 0.2) is 0 Å². The minimum Gasteiger partial charge on any atom is -0.481 e. The zero-order valence-electron chi connectivity index (χ0n) is 26.5. The van der Waals surface area contributed by atoms with E-state index in [1.165, 1.54) is 9.80 Å². The average molecular weight is 691 g/mol. The molecular weight excluding hydrogens is 654 g/mol. The minimum absolute atomic E-state index is 0.0184. The first-order valence-electron chi connectivity index (χ1n) is 15.2. The zero-order chi connectivity index (χ0) is 36.1. The molecule has 48 heavy (non-hydrogen) atoms. The molecule has 2 heterocycles. The number of hydrogen-bond acceptors (Lipinski definition) is 6. The molecule has 4 rings (SSSR count). The van der Waals surface area contributed by atoms with Crippen molar-refractivity contribution in [3.63, 3.8) is 0 Å². The molecule has 0 unspecified atom stereocenters. The molecule has 2 aromatic carbocycles. The Hall–Kier alpha value is -4.50. The Morgan fingerprint density at radius 2 is 1.00 bits per heavy atom. The van der Waals surface area contributed by atoms with Crippen LogP contribution in [0.2, 0.25) is 0 Å². The largest absolute Gasteiger partial charge is 0.481 e. The lowest BCUT2D eigenvalue weighted by Gasteiger charge is -2.38. The highest BCUT2D eigenvalue weighted by atomic mass is 19.4. The second kappa shape index (κ2) is 15.2. The number of nitrogens with zero attached hydrogens (tertiary/aromatic N) is 2. The van der Waals surface area contributed by atoms with Crippen molar-refractivity contribution in [2.75, 3.05) is 23.0 Å². The summed E-state index contributed by atoms with van der Waals surface area (Å²) in [6.45, 7) is 7.04. The van der Waals surface area contributed by atoms with E-state index in [0.717, 1.165) is 36.4 Å². The van der Waals surface area contributed by atoms with Crippen LogP contribution in [0.4, 0.5) is 47.3 Å². The van der Waals surface area contributed by atoms with Gasteiger partial charge < -0.3 is 19.7 Å². The summed E-state index contributed by atoms with van der Waals surface area (Å²) in [4.78, 5) is 50.0. The van der Waals surface area contributed by atoms with Gasteiger partial charge in [0, 0.05) is 12.1 Å². The molecule has 2 aromatic rings. The fourth-order valence-electron chi connectivity index (χ4n) is 5.91. The second-order valence-corrected chi connectivity index (χ2v) is 11.1. The third-order valence-electron chi connectivity index (χ3n) is 8.19. The summed E-state index contributed by atoms with van der Waals surface area (Å²) in [5.41, 5.74) is -1.60. The van der Waals surface area contributed by atoms with Gasteiger partial charge in [-0.3, -0.25) is 19.4 Å². The van der Waals surface area contributed by atoms with Crippen LogP contribution in [-0.2, 0) is 31.4 Å². The summed E-state index contributed by atoms with van der Waals surface area (Å²) in [6, 6.07) is 4.71. The highest BCUT2D eigenvalue weighted by Gasteiger charge is 2.43. The Morgan fingerprint density at radius 3 is 1.25 bits per heavy atom. The maximum absolute atomic E-state index is 13.0. The molecule has 0 aliphatic carbocycles. The molecule has 4 atom stereocenters. The Morgan fingerprint density at radius 1 is 0.667 bits per heavy atom. The standard InChI is InChI=1S/2C16H18F3NO4/c2*1-3-10-8-12(14(21)22)11-7-9(16(17,18)19)5-6-13(11)20(10)15(23)24-4-2/h2*5-7,10,12H,3-4,8H2,1-2H3,(H,21,22)/t10-,12+;10-,12-/m11/s1. The van der Waals surface area contributed by atoms with Gasteiger partial charge in [0.25, 0.3) is 0 Å². The van der Waals surface area contributed by atoms with Crippen molar-refractivity contribution in [3.8, 4) is 0 Å². The SMILES string of the molecule is CCOC(=O)N1c2ccc(C(F)(F)F)cc2[C@@H](C(=O)O)C[C@H]1CC.CCOC(=O)N1c2ccc(C(F)(F)F)cc2[C@H](C(=O)O)C[C@H]1CC. The molecule has 10 nitrogen and oxygen atoms in total. The molecule has 0 radical (unpaired) electrons. The third-order valence-corrected chi connectivity index (χ3v) is 8.19. The number of anilines is 2. The van der Waals surface area contributed by atoms with Crippen molar-refractivity contribution < 1.29 is 65.2 Å². The maximum atomic E-state index is 13.0. The van der Waals surface area contributed by atoms with Crippen molar-refractivity contribution in [1.29, 1.82) is 0 Å². The lowest BCUT2D eigenvalue weighted by molar-refractivity contribution is -0.140. The van der Waals surface area contributed by atoms with Crippen molar-refractivity contribution in [2.24, 2.45) is 0 Å². The van der Waals surface area contributed by atoms with E-state index in [9.17, 15) is 55.7 Å². The summed E-state index contributed by atoms with van der Waals surface area (Å²) in [5.74, 6) is -4.62. The number of fused-ring (bicyclic) bond motifs is 2. The first kappa shape index (κ1) is 38.0. The molecule has 16 heteroatoms. The van der Waals surface area contributed by atoms with E-state index in [0.29, 0.717) is 12.8 Å². The smallest absolute Gasteiger partial charge is 0.416 e. The molecule has 0 saturated carbocycles. The predicted molar refractivity (Wildman–Crippen MR) is 160 cm³/mol. The normalized spacial score (nSPS) is 20.5. The van der Waals surface area contributed by atoms with Gasteiger partial charge in [0.1, 0.15) is 0 Å². The number of carboxylic acids is 2. The Kier molecular flexibility index (Phi) is 12.0. The van der Waals surface area contributed by atoms with Crippen LogP contribution < -0.4 is 9.80 Å². The molecule has 2 N–H and O–H groups in total. The molecule has 2 aliphatic heterocycles. The molecule has 2 amide bonds. The molecule has 0 saturated heterocycles. The number of carboxylic acid groups (broad SMARTS) is 2. The number of halogens is 6. The van der Waals surface area contributed by atoms with Crippen LogP contribution in [0, 0.1) is 0 Å². The summed E-state index contributed by atoms with van der Waals surface area (Å²) < 4.78 is 87.7. The number of benzene rings is 2. The fraction of sp³-hybridized carbons (Fsp3) is 0.500. The summed E-state index contributed by atoms with van der Waals surface area (Å²) in [5, 5.41) is 18.8. The van der Waals surface area contributed by atoms with Gasteiger partial charge in [-0.1, -0.05) is 13.8 Å². The lowest BCUT2D eigenvalue weighted by Crippen LogP contribution is -2.46. The van der Waals surface area contributed by atoms with Gasteiger partial charge in [0.05, 0.1) is 47.6 Å². The number of carbonyl (C=O) groups is 4.